The van der Waals surface area contributed by atoms with Crippen LogP contribution in [0.3, 0.4) is 0 Å². The first-order chi connectivity index (χ1) is 8.17. The van der Waals surface area contributed by atoms with E-state index in [2.05, 4.69) is 43.4 Å². The Bertz CT molecular complexity index is 309. The van der Waals surface area contributed by atoms with Crippen LogP contribution in [0.15, 0.2) is 5.38 Å². The van der Waals surface area contributed by atoms with Crippen molar-refractivity contribution in [3.63, 3.8) is 0 Å². The van der Waals surface area contributed by atoms with Gasteiger partial charge < -0.3 is 5.32 Å². The minimum Gasteiger partial charge on any atom is -0.314 e. The zero-order chi connectivity index (χ0) is 12.7. The first-order valence-corrected chi connectivity index (χ1v) is 7.69. The highest BCUT2D eigenvalue weighted by atomic mass is 32.1. The van der Waals surface area contributed by atoms with Crippen LogP contribution >= 0.6 is 11.3 Å². The van der Waals surface area contributed by atoms with Crippen molar-refractivity contribution in [2.75, 3.05) is 6.54 Å². The van der Waals surface area contributed by atoms with Gasteiger partial charge in [-0.15, -0.1) is 11.3 Å². The molecular formula is C14H26N2S. The molecule has 98 valence electrons. The molecule has 0 aliphatic heterocycles. The number of aromatic nitrogens is 1. The minimum absolute atomic E-state index is 0.581. The Morgan fingerprint density at radius 1 is 1.41 bits per heavy atom. The van der Waals surface area contributed by atoms with Gasteiger partial charge in [-0.1, -0.05) is 33.6 Å². The average molecular weight is 254 g/mol. The van der Waals surface area contributed by atoms with Crippen LogP contribution in [0.1, 0.15) is 50.7 Å². The van der Waals surface area contributed by atoms with Crippen molar-refractivity contribution >= 4 is 11.3 Å². The minimum atomic E-state index is 0.581. The smallest absolute Gasteiger partial charge is 0.0943 e. The lowest BCUT2D eigenvalue weighted by Gasteiger charge is -2.24. The highest BCUT2D eigenvalue weighted by Crippen LogP contribution is 2.18. The molecule has 1 heterocycles. The van der Waals surface area contributed by atoms with Gasteiger partial charge in [-0.3, -0.25) is 0 Å². The predicted octanol–water partition coefficient (Wildman–Crippen LogP) is 3.80. The summed E-state index contributed by atoms with van der Waals surface area (Å²) in [6, 6.07) is 0.581. The second-order valence-electron chi connectivity index (χ2n) is 4.87. The third-order valence-corrected chi connectivity index (χ3v) is 4.22. The van der Waals surface area contributed by atoms with Crippen molar-refractivity contribution < 1.29 is 0 Å². The van der Waals surface area contributed by atoms with Gasteiger partial charge in [0, 0.05) is 23.5 Å². The SMILES string of the molecule is CCCCC(C)C(Cc1nc(C)cs1)NCC. The molecule has 2 unspecified atom stereocenters. The maximum atomic E-state index is 4.57. The first kappa shape index (κ1) is 14.7. The molecule has 1 rings (SSSR count). The molecule has 0 saturated carbocycles. The summed E-state index contributed by atoms with van der Waals surface area (Å²) in [5.41, 5.74) is 1.15. The second kappa shape index (κ2) is 7.83. The Morgan fingerprint density at radius 2 is 2.18 bits per heavy atom. The molecule has 1 aromatic rings. The summed E-state index contributed by atoms with van der Waals surface area (Å²) >= 11 is 1.79. The van der Waals surface area contributed by atoms with Crippen LogP contribution in [0.4, 0.5) is 0 Å². The summed E-state index contributed by atoms with van der Waals surface area (Å²) in [7, 11) is 0. The summed E-state index contributed by atoms with van der Waals surface area (Å²) in [6.45, 7) is 9.93. The van der Waals surface area contributed by atoms with E-state index in [0.717, 1.165) is 24.6 Å². The van der Waals surface area contributed by atoms with E-state index in [0.29, 0.717) is 6.04 Å². The summed E-state index contributed by atoms with van der Waals surface area (Å²) < 4.78 is 0. The number of nitrogens with one attached hydrogen (secondary N) is 1. The van der Waals surface area contributed by atoms with E-state index in [1.165, 1.54) is 24.3 Å². The van der Waals surface area contributed by atoms with Crippen LogP contribution in [0.5, 0.6) is 0 Å². The maximum Gasteiger partial charge on any atom is 0.0943 e. The van der Waals surface area contributed by atoms with Crippen molar-refractivity contribution in [1.82, 2.24) is 10.3 Å². The molecule has 1 aromatic heterocycles. The van der Waals surface area contributed by atoms with E-state index in [4.69, 9.17) is 0 Å². The van der Waals surface area contributed by atoms with Gasteiger partial charge in [0.1, 0.15) is 0 Å². The van der Waals surface area contributed by atoms with Gasteiger partial charge in [-0.25, -0.2) is 4.98 Å². The Kier molecular flexibility index (Phi) is 6.75. The molecule has 0 fully saturated rings. The Labute approximate surface area is 110 Å². The molecule has 1 N–H and O–H groups in total. The van der Waals surface area contributed by atoms with Crippen molar-refractivity contribution in [3.05, 3.63) is 16.1 Å². The molecule has 0 amide bonds. The van der Waals surface area contributed by atoms with E-state index < -0.39 is 0 Å². The summed E-state index contributed by atoms with van der Waals surface area (Å²) in [6.07, 6.45) is 5.02. The lowest BCUT2D eigenvalue weighted by Crippen LogP contribution is -2.36. The predicted molar refractivity (Wildman–Crippen MR) is 76.7 cm³/mol. The molecule has 0 spiro atoms. The van der Waals surface area contributed by atoms with Crippen LogP contribution in [-0.4, -0.2) is 17.6 Å². The summed E-state index contributed by atoms with van der Waals surface area (Å²) in [5.74, 6) is 0.735. The third-order valence-electron chi connectivity index (χ3n) is 3.23. The lowest BCUT2D eigenvalue weighted by molar-refractivity contribution is 0.352. The Hall–Kier alpha value is -0.410. The third kappa shape index (κ3) is 5.17. The van der Waals surface area contributed by atoms with Gasteiger partial charge >= 0.3 is 0 Å². The fourth-order valence-corrected chi connectivity index (χ4v) is 2.98. The van der Waals surface area contributed by atoms with Gasteiger partial charge in [0.25, 0.3) is 0 Å². The largest absolute Gasteiger partial charge is 0.314 e. The van der Waals surface area contributed by atoms with Crippen LogP contribution in [-0.2, 0) is 6.42 Å². The van der Waals surface area contributed by atoms with Crippen LogP contribution < -0.4 is 5.32 Å². The molecular weight excluding hydrogens is 228 g/mol. The van der Waals surface area contributed by atoms with E-state index in [9.17, 15) is 0 Å². The number of likely N-dealkylation sites (N-methyl/N-ethyl adjacent to an activating group) is 1. The molecule has 0 bridgehead atoms. The second-order valence-corrected chi connectivity index (χ2v) is 5.81. The molecule has 17 heavy (non-hydrogen) atoms. The topological polar surface area (TPSA) is 24.9 Å². The fourth-order valence-electron chi connectivity index (χ4n) is 2.15. The zero-order valence-corrected chi connectivity index (χ0v) is 12.4. The number of nitrogens with zero attached hydrogens (tertiary/aromatic N) is 1. The molecule has 0 aromatic carbocycles. The number of thiazole rings is 1. The number of hydrogen-bond donors (Lipinski definition) is 1. The van der Waals surface area contributed by atoms with Gasteiger partial charge in [0.15, 0.2) is 0 Å². The Morgan fingerprint density at radius 3 is 2.71 bits per heavy atom. The van der Waals surface area contributed by atoms with E-state index in [1.807, 2.05) is 0 Å². The van der Waals surface area contributed by atoms with E-state index >= 15 is 0 Å². The van der Waals surface area contributed by atoms with Crippen molar-refractivity contribution in [3.8, 4) is 0 Å². The zero-order valence-electron chi connectivity index (χ0n) is 11.6. The average Bonchev–Trinajstić information content (AvgIpc) is 2.71. The van der Waals surface area contributed by atoms with Gasteiger partial charge in [0.05, 0.1) is 5.01 Å². The van der Waals surface area contributed by atoms with Gasteiger partial charge in [-0.2, -0.15) is 0 Å². The standard InChI is InChI=1S/C14H26N2S/c1-5-7-8-11(3)13(15-6-2)9-14-16-12(4)10-17-14/h10-11,13,15H,5-9H2,1-4H3. The van der Waals surface area contributed by atoms with E-state index in [-0.39, 0.29) is 0 Å². The molecule has 2 atom stereocenters. The fraction of sp³-hybridized carbons (Fsp3) is 0.786. The molecule has 0 aliphatic rings. The maximum absolute atomic E-state index is 4.57. The van der Waals surface area contributed by atoms with Crippen molar-refractivity contribution in [2.24, 2.45) is 5.92 Å². The van der Waals surface area contributed by atoms with E-state index in [1.54, 1.807) is 11.3 Å². The highest BCUT2D eigenvalue weighted by Gasteiger charge is 2.17. The molecule has 0 saturated heterocycles. The molecule has 0 radical (unpaired) electrons. The quantitative estimate of drug-likeness (QED) is 0.763. The van der Waals surface area contributed by atoms with Gasteiger partial charge in [-0.05, 0) is 25.8 Å². The van der Waals surface area contributed by atoms with Crippen molar-refractivity contribution in [2.45, 2.75) is 59.4 Å². The number of rotatable bonds is 8. The number of hydrogen-bond acceptors (Lipinski definition) is 3. The number of unbranched alkanes of at least 4 members (excludes halogenated alkanes) is 1. The first-order valence-electron chi connectivity index (χ1n) is 6.81. The lowest BCUT2D eigenvalue weighted by atomic mass is 9.93. The molecule has 3 heteroatoms. The highest BCUT2D eigenvalue weighted by molar-refractivity contribution is 7.09. The van der Waals surface area contributed by atoms with Crippen LogP contribution in [0, 0.1) is 12.8 Å². The van der Waals surface area contributed by atoms with Crippen molar-refractivity contribution in [1.29, 1.82) is 0 Å². The van der Waals surface area contributed by atoms with Crippen LogP contribution in [0.25, 0.3) is 0 Å². The number of aryl methyl sites for hydroxylation is 1. The van der Waals surface area contributed by atoms with Gasteiger partial charge in [0.2, 0.25) is 0 Å². The Balaban J connectivity index is 2.52. The van der Waals surface area contributed by atoms with Crippen LogP contribution in [0.2, 0.25) is 0 Å². The summed E-state index contributed by atoms with van der Waals surface area (Å²) in [5, 5.41) is 7.04. The monoisotopic (exact) mass is 254 g/mol. The molecule has 2 nitrogen and oxygen atoms in total. The normalized spacial score (nSPS) is 14.8. The summed E-state index contributed by atoms with van der Waals surface area (Å²) in [4.78, 5) is 4.57. The molecule has 0 aliphatic carbocycles.